The molecular weight excluding hydrogens is 481 g/mol. The molecule has 2 N–H and O–H groups in total. The number of aromatic hydroxyl groups is 1. The second-order valence-corrected chi connectivity index (χ2v) is 8.34. The standard InChI is InChI=1S/C23H15Cl2N5O2S/c24-15-10-4-6-12-17(15)27-29-19(20(31)14-8-2-1-3-9-14)22-26-21(32)23(33-22)30-28-18-13-7-5-11-16(18)25/h1-13,27,32H/b29-19-,30-28?. The summed E-state index contributed by atoms with van der Waals surface area (Å²) in [7, 11) is 0. The Morgan fingerprint density at radius 3 is 2.27 bits per heavy atom. The van der Waals surface area contributed by atoms with Gasteiger partial charge in [0, 0.05) is 5.56 Å². The number of carbonyl (C=O) groups is 1. The number of thiazole rings is 1. The third-order valence-corrected chi connectivity index (χ3v) is 5.89. The normalized spacial score (nSPS) is 11.6. The van der Waals surface area contributed by atoms with Gasteiger partial charge in [0.15, 0.2) is 10.7 Å². The van der Waals surface area contributed by atoms with Crippen LogP contribution in [0.2, 0.25) is 10.0 Å². The first kappa shape index (κ1) is 22.6. The fourth-order valence-corrected chi connectivity index (χ4v) is 3.81. The lowest BCUT2D eigenvalue weighted by Crippen LogP contribution is -2.17. The lowest BCUT2D eigenvalue weighted by Gasteiger charge is -2.06. The summed E-state index contributed by atoms with van der Waals surface area (Å²) in [5.74, 6) is -0.768. The van der Waals surface area contributed by atoms with Gasteiger partial charge in [0.25, 0.3) is 5.88 Å². The number of Topliss-reactive ketones (excluding diaryl/α,β-unsaturated/α-hetero) is 1. The number of benzene rings is 3. The van der Waals surface area contributed by atoms with Crippen molar-refractivity contribution in [3.8, 4) is 5.88 Å². The van der Waals surface area contributed by atoms with E-state index in [2.05, 4.69) is 25.7 Å². The third-order valence-electron chi connectivity index (χ3n) is 4.31. The lowest BCUT2D eigenvalue weighted by molar-refractivity contribution is 0.106. The van der Waals surface area contributed by atoms with Crippen molar-refractivity contribution in [1.29, 1.82) is 0 Å². The number of para-hydroxylation sites is 1. The van der Waals surface area contributed by atoms with E-state index in [1.807, 2.05) is 0 Å². The fourth-order valence-electron chi connectivity index (χ4n) is 2.69. The predicted octanol–water partition coefficient (Wildman–Crippen LogP) is 7.27. The molecule has 0 spiro atoms. The van der Waals surface area contributed by atoms with Crippen molar-refractivity contribution in [3.63, 3.8) is 0 Å². The number of hydrogen-bond acceptors (Lipinski definition) is 8. The summed E-state index contributed by atoms with van der Waals surface area (Å²) in [5.41, 5.74) is 4.14. The summed E-state index contributed by atoms with van der Waals surface area (Å²) < 4.78 is 0. The third kappa shape index (κ3) is 5.43. The number of nitrogens with one attached hydrogen (secondary N) is 1. The van der Waals surface area contributed by atoms with Gasteiger partial charge in [-0.25, -0.2) is 0 Å². The molecule has 4 rings (SSSR count). The van der Waals surface area contributed by atoms with Crippen LogP contribution in [0.15, 0.2) is 94.2 Å². The summed E-state index contributed by atoms with van der Waals surface area (Å²) in [6, 6.07) is 22.5. The number of rotatable bonds is 7. The van der Waals surface area contributed by atoms with Gasteiger partial charge in [0.1, 0.15) is 5.69 Å². The van der Waals surface area contributed by atoms with Crippen LogP contribution in [0, 0.1) is 0 Å². The summed E-state index contributed by atoms with van der Waals surface area (Å²) in [6.07, 6.45) is 0. The molecule has 0 aliphatic carbocycles. The average Bonchev–Trinajstić information content (AvgIpc) is 3.20. The van der Waals surface area contributed by atoms with Crippen LogP contribution in [0.5, 0.6) is 5.88 Å². The van der Waals surface area contributed by atoms with Crippen LogP contribution in [-0.2, 0) is 0 Å². The smallest absolute Gasteiger partial charge is 0.251 e. The minimum Gasteiger partial charge on any atom is -0.491 e. The molecule has 0 saturated carbocycles. The van der Waals surface area contributed by atoms with E-state index in [1.165, 1.54) is 0 Å². The van der Waals surface area contributed by atoms with Gasteiger partial charge in [0.2, 0.25) is 10.8 Å². The van der Waals surface area contributed by atoms with E-state index < -0.39 is 5.78 Å². The highest BCUT2D eigenvalue weighted by atomic mass is 35.5. The van der Waals surface area contributed by atoms with Crippen LogP contribution >= 0.6 is 34.5 Å². The van der Waals surface area contributed by atoms with Gasteiger partial charge in [-0.3, -0.25) is 10.2 Å². The number of anilines is 1. The first-order valence-electron chi connectivity index (χ1n) is 9.57. The van der Waals surface area contributed by atoms with Crippen LogP contribution in [0.25, 0.3) is 0 Å². The minimum absolute atomic E-state index is 0.0133. The zero-order chi connectivity index (χ0) is 23.2. The molecule has 33 heavy (non-hydrogen) atoms. The highest BCUT2D eigenvalue weighted by molar-refractivity contribution is 7.18. The van der Waals surface area contributed by atoms with Crippen molar-refractivity contribution in [2.24, 2.45) is 15.3 Å². The molecule has 0 aliphatic heterocycles. The predicted molar refractivity (Wildman–Crippen MR) is 132 cm³/mol. The number of aromatic nitrogens is 1. The molecule has 1 aromatic heterocycles. The Hall–Kier alpha value is -3.59. The molecular formula is C23H15Cl2N5O2S. The second kappa shape index (κ2) is 10.4. The number of nitrogens with zero attached hydrogens (tertiary/aromatic N) is 4. The second-order valence-electron chi connectivity index (χ2n) is 6.55. The molecule has 0 aliphatic rings. The summed E-state index contributed by atoms with van der Waals surface area (Å²) >= 11 is 13.2. The first-order valence-corrected chi connectivity index (χ1v) is 11.1. The van der Waals surface area contributed by atoms with E-state index >= 15 is 0 Å². The van der Waals surface area contributed by atoms with Crippen LogP contribution < -0.4 is 5.43 Å². The molecule has 0 fully saturated rings. The van der Waals surface area contributed by atoms with E-state index in [9.17, 15) is 9.90 Å². The number of hydrazone groups is 1. The van der Waals surface area contributed by atoms with Crippen molar-refractivity contribution in [1.82, 2.24) is 4.98 Å². The molecule has 10 heteroatoms. The SMILES string of the molecule is O=C(/C(=N/Nc1ccccc1Cl)c1nc(O)c(N=Nc2ccccc2Cl)s1)c1ccccc1. The Kier molecular flexibility index (Phi) is 7.09. The molecule has 0 amide bonds. The van der Waals surface area contributed by atoms with Gasteiger partial charge in [-0.15, -0.1) is 10.2 Å². The van der Waals surface area contributed by atoms with Crippen LogP contribution in [-0.4, -0.2) is 21.6 Å². The summed E-state index contributed by atoms with van der Waals surface area (Å²) in [5, 5.41) is 23.8. The molecule has 4 aromatic rings. The van der Waals surface area contributed by atoms with E-state index in [0.717, 1.165) is 11.3 Å². The number of halogens is 2. The van der Waals surface area contributed by atoms with Crippen molar-refractivity contribution in [2.45, 2.75) is 0 Å². The van der Waals surface area contributed by atoms with Gasteiger partial charge in [-0.2, -0.15) is 10.1 Å². The summed E-state index contributed by atoms with van der Waals surface area (Å²) in [4.78, 5) is 17.3. The molecule has 3 aromatic carbocycles. The quantitative estimate of drug-likeness (QED) is 0.122. The van der Waals surface area contributed by atoms with Gasteiger partial charge in [-0.1, -0.05) is 89.1 Å². The van der Waals surface area contributed by atoms with E-state index in [4.69, 9.17) is 23.2 Å². The largest absolute Gasteiger partial charge is 0.491 e. The molecule has 1 heterocycles. The van der Waals surface area contributed by atoms with Gasteiger partial charge < -0.3 is 5.11 Å². The Morgan fingerprint density at radius 2 is 1.55 bits per heavy atom. The maximum Gasteiger partial charge on any atom is 0.251 e. The average molecular weight is 496 g/mol. The Balaban J connectivity index is 1.71. The van der Waals surface area contributed by atoms with Crippen LogP contribution in [0.3, 0.4) is 0 Å². The van der Waals surface area contributed by atoms with Crippen LogP contribution in [0.4, 0.5) is 16.4 Å². The molecule has 7 nitrogen and oxygen atoms in total. The van der Waals surface area contributed by atoms with Crippen molar-refractivity contribution >= 4 is 62.4 Å². The molecule has 164 valence electrons. The van der Waals surface area contributed by atoms with Crippen molar-refractivity contribution in [2.75, 3.05) is 5.43 Å². The van der Waals surface area contributed by atoms with Gasteiger partial charge in [0.05, 0.1) is 15.7 Å². The van der Waals surface area contributed by atoms with Gasteiger partial charge in [-0.05, 0) is 24.3 Å². The number of ketones is 1. The zero-order valence-electron chi connectivity index (χ0n) is 16.8. The topological polar surface area (TPSA) is 99.3 Å². The Labute approximate surface area is 203 Å². The molecule has 0 unspecified atom stereocenters. The summed E-state index contributed by atoms with van der Waals surface area (Å²) in [6.45, 7) is 0. The van der Waals surface area contributed by atoms with Crippen molar-refractivity contribution < 1.29 is 9.90 Å². The molecule has 0 atom stereocenters. The first-order chi connectivity index (χ1) is 16.0. The molecule has 0 bridgehead atoms. The van der Waals surface area contributed by atoms with E-state index in [0.29, 0.717) is 27.0 Å². The Bertz CT molecular complexity index is 1360. The lowest BCUT2D eigenvalue weighted by atomic mass is 10.1. The number of carbonyl (C=O) groups excluding carboxylic acids is 1. The monoisotopic (exact) mass is 495 g/mol. The molecule has 0 saturated heterocycles. The fraction of sp³-hybridized carbons (Fsp3) is 0. The van der Waals surface area contributed by atoms with Crippen molar-refractivity contribution in [3.05, 3.63) is 99.5 Å². The molecule has 0 radical (unpaired) electrons. The van der Waals surface area contributed by atoms with E-state index in [-0.39, 0.29) is 21.6 Å². The maximum atomic E-state index is 13.2. The number of hydrogen-bond donors (Lipinski definition) is 2. The Morgan fingerprint density at radius 1 is 0.879 bits per heavy atom. The highest BCUT2D eigenvalue weighted by Crippen LogP contribution is 2.36. The maximum absolute atomic E-state index is 13.2. The minimum atomic E-state index is -0.390. The van der Waals surface area contributed by atoms with E-state index in [1.54, 1.807) is 78.9 Å². The van der Waals surface area contributed by atoms with Gasteiger partial charge >= 0.3 is 0 Å². The van der Waals surface area contributed by atoms with Crippen LogP contribution in [0.1, 0.15) is 15.4 Å². The number of azo groups is 1. The highest BCUT2D eigenvalue weighted by Gasteiger charge is 2.23. The zero-order valence-corrected chi connectivity index (χ0v) is 19.1.